The molecule has 2 aliphatic rings. The van der Waals surface area contributed by atoms with Gasteiger partial charge in [0.05, 0.1) is 5.60 Å². The first-order valence-corrected chi connectivity index (χ1v) is 8.55. The summed E-state index contributed by atoms with van der Waals surface area (Å²) in [6, 6.07) is 8.42. The molecule has 0 aromatic heterocycles. The highest BCUT2D eigenvalue weighted by atomic mass is 16.3. The van der Waals surface area contributed by atoms with E-state index in [-0.39, 0.29) is 5.91 Å². The van der Waals surface area contributed by atoms with Crippen LogP contribution in [-0.4, -0.2) is 34.1 Å². The number of fused-ring (bicyclic) bond motifs is 2. The van der Waals surface area contributed by atoms with Crippen molar-refractivity contribution >= 4 is 5.91 Å². The van der Waals surface area contributed by atoms with Crippen LogP contribution < -0.4 is 0 Å². The van der Waals surface area contributed by atoms with Crippen LogP contribution in [0.3, 0.4) is 0 Å². The number of benzene rings is 1. The van der Waals surface area contributed by atoms with Crippen molar-refractivity contribution in [2.24, 2.45) is 5.92 Å². The summed E-state index contributed by atoms with van der Waals surface area (Å²) in [5, 5.41) is 9.86. The molecule has 3 nitrogen and oxygen atoms in total. The van der Waals surface area contributed by atoms with Crippen molar-refractivity contribution in [3.63, 3.8) is 0 Å². The number of rotatable bonds is 4. The highest BCUT2D eigenvalue weighted by molar-refractivity contribution is 5.94. The zero-order valence-electron chi connectivity index (χ0n) is 13.7. The zero-order chi connectivity index (χ0) is 15.7. The van der Waals surface area contributed by atoms with E-state index >= 15 is 0 Å². The van der Waals surface area contributed by atoms with Gasteiger partial charge in [-0.1, -0.05) is 18.6 Å². The van der Waals surface area contributed by atoms with Crippen LogP contribution in [0.2, 0.25) is 0 Å². The average molecular weight is 301 g/mol. The maximum Gasteiger partial charge on any atom is 0.254 e. The molecule has 3 heteroatoms. The number of aliphatic hydroxyl groups is 1. The Kier molecular flexibility index (Phi) is 4.26. The topological polar surface area (TPSA) is 40.5 Å². The molecular formula is C19H27NO2. The third-order valence-corrected chi connectivity index (χ3v) is 5.11. The minimum Gasteiger partial charge on any atom is -0.390 e. The molecule has 3 rings (SSSR count). The minimum absolute atomic E-state index is 0.194. The summed E-state index contributed by atoms with van der Waals surface area (Å²) in [6.07, 6.45) is 6.43. The van der Waals surface area contributed by atoms with Gasteiger partial charge < -0.3 is 10.0 Å². The third kappa shape index (κ3) is 3.52. The fraction of sp³-hybridized carbons (Fsp3) is 0.632. The predicted octanol–water partition coefficient (Wildman–Crippen LogP) is 3.40. The second kappa shape index (κ2) is 6.04. The Morgan fingerprint density at radius 3 is 2.91 bits per heavy atom. The predicted molar refractivity (Wildman–Crippen MR) is 87.8 cm³/mol. The SMILES string of the molecule is CC(C)(O)CCc1cccc(C(=O)N2CC3CCCC2C3)c1. The summed E-state index contributed by atoms with van der Waals surface area (Å²) in [5.74, 6) is 0.917. The monoisotopic (exact) mass is 301 g/mol. The van der Waals surface area contributed by atoms with Gasteiger partial charge in [0.2, 0.25) is 0 Å². The first-order chi connectivity index (χ1) is 10.4. The molecule has 2 atom stereocenters. The van der Waals surface area contributed by atoms with E-state index in [9.17, 15) is 9.90 Å². The van der Waals surface area contributed by atoms with E-state index in [0.29, 0.717) is 12.5 Å². The summed E-state index contributed by atoms with van der Waals surface area (Å²) < 4.78 is 0. The van der Waals surface area contributed by atoms with Gasteiger partial charge >= 0.3 is 0 Å². The Morgan fingerprint density at radius 1 is 1.36 bits per heavy atom. The smallest absolute Gasteiger partial charge is 0.254 e. The number of carbonyl (C=O) groups excluding carboxylic acids is 1. The lowest BCUT2D eigenvalue weighted by Gasteiger charge is -2.25. The molecule has 1 aliphatic carbocycles. The van der Waals surface area contributed by atoms with Crippen molar-refractivity contribution < 1.29 is 9.90 Å². The lowest BCUT2D eigenvalue weighted by Crippen LogP contribution is -2.35. The number of nitrogens with zero attached hydrogens (tertiary/aromatic N) is 1. The van der Waals surface area contributed by atoms with Crippen LogP contribution in [0, 0.1) is 5.92 Å². The van der Waals surface area contributed by atoms with Crippen molar-refractivity contribution in [1.82, 2.24) is 4.90 Å². The maximum absolute atomic E-state index is 12.8. The molecular weight excluding hydrogens is 274 g/mol. The molecule has 0 spiro atoms. The third-order valence-electron chi connectivity index (χ3n) is 5.11. The highest BCUT2D eigenvalue weighted by Crippen LogP contribution is 2.36. The maximum atomic E-state index is 12.8. The van der Waals surface area contributed by atoms with Gasteiger partial charge in [0.25, 0.3) is 5.91 Å². The Bertz CT molecular complexity index is 547. The van der Waals surface area contributed by atoms with Crippen molar-refractivity contribution in [2.75, 3.05) is 6.54 Å². The van der Waals surface area contributed by atoms with Gasteiger partial charge in [-0.15, -0.1) is 0 Å². The fourth-order valence-corrected chi connectivity index (χ4v) is 3.86. The minimum atomic E-state index is -0.661. The molecule has 2 unspecified atom stereocenters. The molecule has 1 saturated carbocycles. The number of aryl methyl sites for hydroxylation is 1. The molecule has 22 heavy (non-hydrogen) atoms. The number of hydrogen-bond donors (Lipinski definition) is 1. The van der Waals surface area contributed by atoms with Crippen LogP contribution in [0.5, 0.6) is 0 Å². The van der Waals surface area contributed by atoms with Crippen LogP contribution >= 0.6 is 0 Å². The van der Waals surface area contributed by atoms with E-state index in [1.54, 1.807) is 0 Å². The number of carbonyl (C=O) groups is 1. The van der Waals surface area contributed by atoms with Crippen LogP contribution in [-0.2, 0) is 6.42 Å². The lowest BCUT2D eigenvalue weighted by molar-refractivity contribution is 0.0714. The average Bonchev–Trinajstić information content (AvgIpc) is 2.78. The molecule has 2 bridgehead atoms. The quantitative estimate of drug-likeness (QED) is 0.926. The second-order valence-corrected chi connectivity index (χ2v) is 7.66. The van der Waals surface area contributed by atoms with Crippen molar-refractivity contribution in [3.05, 3.63) is 35.4 Å². The van der Waals surface area contributed by atoms with Gasteiger partial charge in [-0.3, -0.25) is 4.79 Å². The Labute approximate surface area is 133 Å². The molecule has 120 valence electrons. The van der Waals surface area contributed by atoms with E-state index in [2.05, 4.69) is 4.90 Å². The van der Waals surface area contributed by atoms with Gasteiger partial charge in [0.15, 0.2) is 0 Å². The Morgan fingerprint density at radius 2 is 2.18 bits per heavy atom. The van der Waals surface area contributed by atoms with Gasteiger partial charge in [-0.2, -0.15) is 0 Å². The van der Waals surface area contributed by atoms with Crippen LogP contribution in [0.25, 0.3) is 0 Å². The normalized spacial score (nSPS) is 24.6. The summed E-state index contributed by atoms with van der Waals surface area (Å²) in [7, 11) is 0. The molecule has 2 fully saturated rings. The van der Waals surface area contributed by atoms with E-state index in [0.717, 1.165) is 30.0 Å². The van der Waals surface area contributed by atoms with Crippen molar-refractivity contribution in [1.29, 1.82) is 0 Å². The van der Waals surface area contributed by atoms with Crippen molar-refractivity contribution in [2.45, 2.75) is 64.0 Å². The zero-order valence-corrected chi connectivity index (χ0v) is 13.7. The van der Waals surface area contributed by atoms with Crippen LogP contribution in [0.15, 0.2) is 24.3 Å². The highest BCUT2D eigenvalue weighted by Gasteiger charge is 2.37. The molecule has 1 heterocycles. The van der Waals surface area contributed by atoms with Gasteiger partial charge in [-0.25, -0.2) is 0 Å². The first-order valence-electron chi connectivity index (χ1n) is 8.55. The summed E-state index contributed by atoms with van der Waals surface area (Å²) in [6.45, 7) is 4.59. The number of likely N-dealkylation sites (tertiary alicyclic amines) is 1. The first kappa shape index (κ1) is 15.5. The van der Waals surface area contributed by atoms with Crippen molar-refractivity contribution in [3.8, 4) is 0 Å². The van der Waals surface area contributed by atoms with Gasteiger partial charge in [-0.05, 0) is 69.6 Å². The van der Waals surface area contributed by atoms with Gasteiger partial charge in [0, 0.05) is 18.2 Å². The molecule has 1 aliphatic heterocycles. The summed E-state index contributed by atoms with van der Waals surface area (Å²) >= 11 is 0. The van der Waals surface area contributed by atoms with E-state index in [4.69, 9.17) is 0 Å². The standard InChI is InChI=1S/C19H27NO2/c1-19(2,22)10-9-14-5-3-7-16(11-14)18(21)20-13-15-6-4-8-17(20)12-15/h3,5,7,11,15,17,22H,4,6,8-10,12-13H2,1-2H3. The van der Waals surface area contributed by atoms with Crippen LogP contribution in [0.1, 0.15) is 61.9 Å². The van der Waals surface area contributed by atoms with E-state index in [1.807, 2.05) is 38.1 Å². The van der Waals surface area contributed by atoms with E-state index < -0.39 is 5.60 Å². The molecule has 1 amide bonds. The van der Waals surface area contributed by atoms with E-state index in [1.165, 1.54) is 25.7 Å². The Balaban J connectivity index is 1.70. The molecule has 1 saturated heterocycles. The number of hydrogen-bond acceptors (Lipinski definition) is 2. The fourth-order valence-electron chi connectivity index (χ4n) is 3.86. The summed E-state index contributed by atoms with van der Waals surface area (Å²) in [4.78, 5) is 14.9. The lowest BCUT2D eigenvalue weighted by atomic mass is 9.90. The number of amides is 1. The Hall–Kier alpha value is -1.35. The molecule has 1 N–H and O–H groups in total. The second-order valence-electron chi connectivity index (χ2n) is 7.66. The van der Waals surface area contributed by atoms with Gasteiger partial charge in [0.1, 0.15) is 0 Å². The largest absolute Gasteiger partial charge is 0.390 e. The molecule has 0 radical (unpaired) electrons. The van der Waals surface area contributed by atoms with Crippen LogP contribution in [0.4, 0.5) is 0 Å². The molecule has 1 aromatic rings. The molecule has 1 aromatic carbocycles. The summed E-state index contributed by atoms with van der Waals surface area (Å²) in [5.41, 5.74) is 1.28.